The molecule has 1 rings (SSSR count). The molecule has 1 saturated carbocycles. The standard InChI is InChI=1S/C22H37BrN6O.C2H6O.C2H6/c1-16(9-10-17(2)30-6)18(3)28-19-8-7-11-22(19,12-14-25-4)13-15-27-21(24)20(23)29-26-5;1-3-2;1-2/h9-10,18-19,25,28H,1-2,5,7-8,11-15H2,3-4,6H3,(H2,24,27);1-2H3;1-2H3/b10-9-,29-20+;;. The SMILES string of the molecule is C=N/N=C(/Br)C(N)=NCCC1(CCNC)CCCC1NC(C)C(=C)/C=C\C(=C)OC.CC.COC. The lowest BCUT2D eigenvalue weighted by Gasteiger charge is -2.38. The van der Waals surface area contributed by atoms with E-state index >= 15 is 0 Å². The lowest BCUT2D eigenvalue weighted by molar-refractivity contribution is 0.186. The van der Waals surface area contributed by atoms with Gasteiger partial charge in [-0.05, 0) is 79.2 Å². The van der Waals surface area contributed by atoms with E-state index in [1.807, 2.05) is 33.0 Å². The number of aliphatic imine (C=N–C) groups is 1. The Hall–Kier alpha value is -1.81. The van der Waals surface area contributed by atoms with Gasteiger partial charge >= 0.3 is 0 Å². The molecule has 1 aliphatic carbocycles. The Morgan fingerprint density at radius 1 is 1.23 bits per heavy atom. The van der Waals surface area contributed by atoms with Gasteiger partial charge in [-0.15, -0.1) is 5.10 Å². The number of methoxy groups -OCH3 is 2. The number of amidine groups is 1. The number of nitrogens with one attached hydrogen (secondary N) is 2. The molecule has 0 radical (unpaired) electrons. The van der Waals surface area contributed by atoms with Gasteiger partial charge in [0.25, 0.3) is 0 Å². The first-order valence-corrected chi connectivity index (χ1v) is 12.9. The monoisotopic (exact) mass is 556 g/mol. The summed E-state index contributed by atoms with van der Waals surface area (Å²) in [6.45, 7) is 19.1. The summed E-state index contributed by atoms with van der Waals surface area (Å²) in [5.41, 5.74) is 7.13. The molecule has 0 aliphatic heterocycles. The Bertz CT molecular complexity index is 708. The molecule has 202 valence electrons. The fraction of sp³-hybridized carbons (Fsp3) is 0.654. The third kappa shape index (κ3) is 14.4. The van der Waals surface area contributed by atoms with Crippen molar-refractivity contribution in [2.45, 2.75) is 65.0 Å². The predicted molar refractivity (Wildman–Crippen MR) is 157 cm³/mol. The molecule has 1 aliphatic rings. The summed E-state index contributed by atoms with van der Waals surface area (Å²) in [5, 5.41) is 14.4. The van der Waals surface area contributed by atoms with Crippen LogP contribution in [0.15, 0.2) is 51.8 Å². The molecule has 9 heteroatoms. The van der Waals surface area contributed by atoms with Gasteiger partial charge in [0, 0.05) is 39.6 Å². The van der Waals surface area contributed by atoms with Gasteiger partial charge in [-0.1, -0.05) is 39.5 Å². The zero-order chi connectivity index (χ0) is 27.3. The molecule has 3 atom stereocenters. The molecule has 0 amide bonds. The Labute approximate surface area is 222 Å². The van der Waals surface area contributed by atoms with Crippen LogP contribution in [-0.4, -0.2) is 70.7 Å². The molecule has 0 spiro atoms. The van der Waals surface area contributed by atoms with Gasteiger partial charge in [-0.2, -0.15) is 5.10 Å². The minimum absolute atomic E-state index is 0.150. The summed E-state index contributed by atoms with van der Waals surface area (Å²) in [4.78, 5) is 4.49. The van der Waals surface area contributed by atoms with Crippen LogP contribution in [0.1, 0.15) is 52.9 Å². The highest BCUT2D eigenvalue weighted by atomic mass is 79.9. The predicted octanol–water partition coefficient (Wildman–Crippen LogP) is 4.83. The highest BCUT2D eigenvalue weighted by Gasteiger charge is 2.42. The van der Waals surface area contributed by atoms with Crippen LogP contribution in [0.5, 0.6) is 0 Å². The van der Waals surface area contributed by atoms with Crippen LogP contribution in [0, 0.1) is 5.41 Å². The van der Waals surface area contributed by atoms with Crippen molar-refractivity contribution in [3.63, 3.8) is 0 Å². The zero-order valence-electron chi connectivity index (χ0n) is 23.0. The maximum Gasteiger partial charge on any atom is 0.170 e. The average Bonchev–Trinajstić information content (AvgIpc) is 3.24. The molecule has 0 heterocycles. The zero-order valence-corrected chi connectivity index (χ0v) is 24.6. The van der Waals surface area contributed by atoms with Crippen molar-refractivity contribution in [1.29, 1.82) is 0 Å². The summed E-state index contributed by atoms with van der Waals surface area (Å²) in [6.07, 6.45) is 9.34. The summed E-state index contributed by atoms with van der Waals surface area (Å²) < 4.78 is 9.76. The van der Waals surface area contributed by atoms with E-state index in [4.69, 9.17) is 10.5 Å². The topological polar surface area (TPSA) is 106 Å². The highest BCUT2D eigenvalue weighted by Crippen LogP contribution is 2.44. The average molecular weight is 558 g/mol. The van der Waals surface area contributed by atoms with Crippen LogP contribution in [-0.2, 0) is 9.47 Å². The molecule has 3 unspecified atom stereocenters. The van der Waals surface area contributed by atoms with Crippen molar-refractivity contribution >= 4 is 33.1 Å². The number of ether oxygens (including phenoxy) is 2. The van der Waals surface area contributed by atoms with Gasteiger partial charge < -0.3 is 25.8 Å². The van der Waals surface area contributed by atoms with E-state index < -0.39 is 0 Å². The first-order chi connectivity index (χ1) is 16.7. The fourth-order valence-corrected chi connectivity index (χ4v) is 4.13. The number of rotatable bonds is 14. The molecule has 8 nitrogen and oxygen atoms in total. The van der Waals surface area contributed by atoms with Crippen LogP contribution >= 0.6 is 15.9 Å². The van der Waals surface area contributed by atoms with E-state index in [2.05, 4.69) is 73.3 Å². The van der Waals surface area contributed by atoms with Crippen LogP contribution in [0.3, 0.4) is 0 Å². The Morgan fingerprint density at radius 2 is 1.86 bits per heavy atom. The summed E-state index contributed by atoms with van der Waals surface area (Å²) in [7, 11) is 6.86. The molecular formula is C26H49BrN6O2. The molecule has 0 bridgehead atoms. The van der Waals surface area contributed by atoms with E-state index in [-0.39, 0.29) is 11.5 Å². The Balaban J connectivity index is 0. The molecule has 35 heavy (non-hydrogen) atoms. The summed E-state index contributed by atoms with van der Waals surface area (Å²) >= 11 is 3.27. The second-order valence-corrected chi connectivity index (χ2v) is 8.84. The van der Waals surface area contributed by atoms with E-state index in [0.29, 0.717) is 28.8 Å². The van der Waals surface area contributed by atoms with Crippen LogP contribution in [0.25, 0.3) is 0 Å². The Kier molecular flexibility index (Phi) is 21.7. The van der Waals surface area contributed by atoms with Crippen molar-refractivity contribution in [2.75, 3.05) is 41.5 Å². The molecule has 0 saturated heterocycles. The number of hydrogen-bond acceptors (Lipinski definition) is 7. The maximum absolute atomic E-state index is 5.98. The minimum Gasteiger partial charge on any atom is -0.497 e. The van der Waals surface area contributed by atoms with Crippen molar-refractivity contribution in [3.8, 4) is 0 Å². The summed E-state index contributed by atoms with van der Waals surface area (Å²) in [5.74, 6) is 0.961. The van der Waals surface area contributed by atoms with Gasteiger partial charge in [0.05, 0.1) is 7.11 Å². The van der Waals surface area contributed by atoms with Gasteiger partial charge in [0.1, 0.15) is 5.76 Å². The molecular weight excluding hydrogens is 508 g/mol. The molecule has 0 aromatic heterocycles. The fourth-order valence-electron chi connectivity index (χ4n) is 3.89. The van der Waals surface area contributed by atoms with Gasteiger partial charge in [-0.3, -0.25) is 4.99 Å². The van der Waals surface area contributed by atoms with Gasteiger partial charge in [-0.25, -0.2) is 0 Å². The molecule has 4 N–H and O–H groups in total. The van der Waals surface area contributed by atoms with Crippen LogP contribution in [0.2, 0.25) is 0 Å². The number of hydrogen-bond donors (Lipinski definition) is 3. The van der Waals surface area contributed by atoms with Crippen molar-refractivity contribution < 1.29 is 9.47 Å². The van der Waals surface area contributed by atoms with Crippen molar-refractivity contribution in [1.82, 2.24) is 10.6 Å². The first-order valence-electron chi connectivity index (χ1n) is 12.1. The smallest absolute Gasteiger partial charge is 0.170 e. The van der Waals surface area contributed by atoms with Crippen LogP contribution < -0.4 is 16.4 Å². The highest BCUT2D eigenvalue weighted by molar-refractivity contribution is 9.19. The molecule has 0 aromatic carbocycles. The Morgan fingerprint density at radius 3 is 2.40 bits per heavy atom. The third-order valence-electron chi connectivity index (χ3n) is 5.79. The lowest BCUT2D eigenvalue weighted by Crippen LogP contribution is -2.47. The third-order valence-corrected chi connectivity index (χ3v) is 6.36. The summed E-state index contributed by atoms with van der Waals surface area (Å²) in [6, 6.07) is 0.538. The lowest BCUT2D eigenvalue weighted by atomic mass is 9.75. The number of allylic oxidation sites excluding steroid dienone is 1. The van der Waals surface area contributed by atoms with E-state index in [1.54, 1.807) is 21.3 Å². The number of nitrogens with zero attached hydrogens (tertiary/aromatic N) is 3. The van der Waals surface area contributed by atoms with E-state index in [9.17, 15) is 0 Å². The van der Waals surface area contributed by atoms with Gasteiger partial charge in [0.2, 0.25) is 0 Å². The number of nitrogens with two attached hydrogens (primary N) is 1. The first kappa shape index (κ1) is 35.4. The second-order valence-electron chi connectivity index (χ2n) is 8.09. The van der Waals surface area contributed by atoms with E-state index in [0.717, 1.165) is 31.4 Å². The molecule has 0 aromatic rings. The van der Waals surface area contributed by atoms with Crippen LogP contribution in [0.4, 0.5) is 0 Å². The van der Waals surface area contributed by atoms with E-state index in [1.165, 1.54) is 12.8 Å². The second kappa shape index (κ2) is 21.5. The number of halogens is 1. The van der Waals surface area contributed by atoms with Crippen molar-refractivity contribution in [2.24, 2.45) is 26.3 Å². The quantitative estimate of drug-likeness (QED) is 0.0933. The van der Waals surface area contributed by atoms with Crippen molar-refractivity contribution in [3.05, 3.63) is 36.6 Å². The minimum atomic E-state index is 0.150. The molecule has 1 fully saturated rings. The maximum atomic E-state index is 5.98. The largest absolute Gasteiger partial charge is 0.497 e. The normalized spacial score (nSPS) is 20.9. The van der Waals surface area contributed by atoms with Gasteiger partial charge in [0.15, 0.2) is 10.5 Å².